The summed E-state index contributed by atoms with van der Waals surface area (Å²) in [4.78, 5) is 10.1. The molecule has 3 nitrogen and oxygen atoms in total. The summed E-state index contributed by atoms with van der Waals surface area (Å²) in [6.45, 7) is 3.70. The fraction of sp³-hybridized carbons (Fsp3) is 0.222. The van der Waals surface area contributed by atoms with Gasteiger partial charge in [0.1, 0.15) is 5.01 Å². The van der Waals surface area contributed by atoms with E-state index in [2.05, 4.69) is 27.4 Å². The van der Waals surface area contributed by atoms with Crippen LogP contribution in [0.15, 0.2) is 48.7 Å². The topological polar surface area (TPSA) is 37.8 Å². The van der Waals surface area contributed by atoms with Crippen LogP contribution in [0.3, 0.4) is 0 Å². The van der Waals surface area contributed by atoms with Gasteiger partial charge in [-0.2, -0.15) is 0 Å². The molecule has 0 saturated heterocycles. The van der Waals surface area contributed by atoms with Gasteiger partial charge in [-0.25, -0.2) is 4.98 Å². The Morgan fingerprint density at radius 2 is 1.96 bits per heavy atom. The smallest absolute Gasteiger partial charge is 0.107 e. The number of aromatic nitrogens is 2. The van der Waals surface area contributed by atoms with Crippen molar-refractivity contribution in [1.29, 1.82) is 0 Å². The number of halogens is 1. The molecule has 2 heterocycles. The lowest BCUT2D eigenvalue weighted by Crippen LogP contribution is -2.16. The molecule has 0 atom stereocenters. The molecule has 3 rings (SSSR count). The first kappa shape index (κ1) is 16.1. The fourth-order valence-electron chi connectivity index (χ4n) is 2.27. The molecule has 0 aliphatic rings. The largest absolute Gasteiger partial charge is 0.310 e. The van der Waals surface area contributed by atoms with Crippen LogP contribution >= 0.6 is 22.9 Å². The number of nitrogens with zero attached hydrogens (tertiary/aromatic N) is 2. The van der Waals surface area contributed by atoms with Gasteiger partial charge in [-0.05, 0) is 49.7 Å². The maximum Gasteiger partial charge on any atom is 0.107 e. The van der Waals surface area contributed by atoms with Crippen molar-refractivity contribution in [3.05, 3.63) is 69.9 Å². The van der Waals surface area contributed by atoms with E-state index in [1.165, 1.54) is 5.56 Å². The number of hydrogen-bond acceptors (Lipinski definition) is 4. The molecular formula is C18H18ClN3S. The zero-order chi connectivity index (χ0) is 16.1. The number of benzene rings is 1. The Kier molecular flexibility index (Phi) is 5.39. The maximum absolute atomic E-state index is 5.89. The zero-order valence-electron chi connectivity index (χ0n) is 12.9. The average Bonchev–Trinajstić information content (AvgIpc) is 3.02. The van der Waals surface area contributed by atoms with Crippen LogP contribution in [-0.4, -0.2) is 16.5 Å². The quantitative estimate of drug-likeness (QED) is 0.670. The highest BCUT2D eigenvalue weighted by molar-refractivity contribution is 7.15. The summed E-state index contributed by atoms with van der Waals surface area (Å²) in [5, 5.41) is 5.30. The summed E-state index contributed by atoms with van der Waals surface area (Å²) in [5.74, 6) is 0. The van der Waals surface area contributed by atoms with Crippen molar-refractivity contribution in [2.75, 3.05) is 6.54 Å². The van der Waals surface area contributed by atoms with E-state index >= 15 is 0 Å². The van der Waals surface area contributed by atoms with Gasteiger partial charge in [-0.1, -0.05) is 29.8 Å². The monoisotopic (exact) mass is 343 g/mol. The van der Waals surface area contributed by atoms with E-state index in [0.29, 0.717) is 0 Å². The van der Waals surface area contributed by atoms with Gasteiger partial charge in [0.2, 0.25) is 0 Å². The molecular weight excluding hydrogens is 326 g/mol. The number of rotatable bonds is 6. The van der Waals surface area contributed by atoms with Gasteiger partial charge in [-0.15, -0.1) is 11.3 Å². The lowest BCUT2D eigenvalue weighted by Gasteiger charge is -2.03. The lowest BCUT2D eigenvalue weighted by atomic mass is 10.1. The van der Waals surface area contributed by atoms with Crippen molar-refractivity contribution >= 4 is 22.9 Å². The first-order valence-corrected chi connectivity index (χ1v) is 8.74. The standard InChI is InChI=1S/C18H18ClN3S/c1-13-3-2-4-16(22-13)17-11-21-18(23-17)12-20-10-9-14-5-7-15(19)8-6-14/h2-8,11,20H,9-10,12H2,1H3. The molecule has 1 aromatic carbocycles. The second kappa shape index (κ2) is 7.68. The number of thiazole rings is 1. The lowest BCUT2D eigenvalue weighted by molar-refractivity contribution is 0.684. The Hall–Kier alpha value is -1.75. The molecule has 0 spiro atoms. The molecule has 0 bridgehead atoms. The van der Waals surface area contributed by atoms with E-state index in [1.807, 2.05) is 43.5 Å². The Bertz CT molecular complexity index is 768. The summed E-state index contributed by atoms with van der Waals surface area (Å²) in [6.07, 6.45) is 2.89. The molecule has 0 amide bonds. The maximum atomic E-state index is 5.89. The van der Waals surface area contributed by atoms with Crippen molar-refractivity contribution < 1.29 is 0 Å². The molecule has 0 unspecified atom stereocenters. The number of nitrogens with one attached hydrogen (secondary N) is 1. The average molecular weight is 344 g/mol. The summed E-state index contributed by atoms with van der Waals surface area (Å²) in [5.41, 5.74) is 3.30. The molecule has 0 aliphatic heterocycles. The zero-order valence-corrected chi connectivity index (χ0v) is 14.5. The molecule has 3 aromatic rings. The molecule has 0 fully saturated rings. The van der Waals surface area contributed by atoms with Crippen LogP contribution in [0.5, 0.6) is 0 Å². The van der Waals surface area contributed by atoms with E-state index in [0.717, 1.165) is 45.8 Å². The van der Waals surface area contributed by atoms with Crippen molar-refractivity contribution in [1.82, 2.24) is 15.3 Å². The number of pyridine rings is 1. The van der Waals surface area contributed by atoms with Crippen molar-refractivity contribution in [3.63, 3.8) is 0 Å². The number of hydrogen-bond donors (Lipinski definition) is 1. The van der Waals surface area contributed by atoms with E-state index in [-0.39, 0.29) is 0 Å². The van der Waals surface area contributed by atoms with Crippen LogP contribution in [-0.2, 0) is 13.0 Å². The minimum Gasteiger partial charge on any atom is -0.310 e. The third-order valence-electron chi connectivity index (χ3n) is 3.47. The van der Waals surface area contributed by atoms with Gasteiger partial charge in [0.05, 0.1) is 10.6 Å². The van der Waals surface area contributed by atoms with Gasteiger partial charge in [-0.3, -0.25) is 4.98 Å². The predicted molar refractivity (Wildman–Crippen MR) is 96.9 cm³/mol. The first-order chi connectivity index (χ1) is 11.2. The second-order valence-electron chi connectivity index (χ2n) is 5.34. The van der Waals surface area contributed by atoms with Gasteiger partial charge >= 0.3 is 0 Å². The highest BCUT2D eigenvalue weighted by Crippen LogP contribution is 2.24. The highest BCUT2D eigenvalue weighted by Gasteiger charge is 2.05. The summed E-state index contributed by atoms with van der Waals surface area (Å²) in [6, 6.07) is 14.0. The van der Waals surface area contributed by atoms with Gasteiger partial charge in [0, 0.05) is 23.5 Å². The van der Waals surface area contributed by atoms with Crippen LogP contribution in [0.2, 0.25) is 5.02 Å². The first-order valence-electron chi connectivity index (χ1n) is 7.54. The molecule has 2 aromatic heterocycles. The van der Waals surface area contributed by atoms with E-state index in [1.54, 1.807) is 11.3 Å². The third-order valence-corrected chi connectivity index (χ3v) is 4.75. The van der Waals surface area contributed by atoms with Crippen molar-refractivity contribution in [2.24, 2.45) is 0 Å². The molecule has 5 heteroatoms. The highest BCUT2D eigenvalue weighted by atomic mass is 35.5. The van der Waals surface area contributed by atoms with E-state index < -0.39 is 0 Å². The molecule has 0 saturated carbocycles. The van der Waals surface area contributed by atoms with E-state index in [4.69, 9.17) is 11.6 Å². The summed E-state index contributed by atoms with van der Waals surface area (Å²) < 4.78 is 0. The third kappa shape index (κ3) is 4.61. The molecule has 23 heavy (non-hydrogen) atoms. The van der Waals surface area contributed by atoms with Crippen molar-refractivity contribution in [2.45, 2.75) is 19.9 Å². The van der Waals surface area contributed by atoms with Crippen LogP contribution in [0.4, 0.5) is 0 Å². The van der Waals surface area contributed by atoms with Gasteiger partial charge in [0.15, 0.2) is 0 Å². The second-order valence-corrected chi connectivity index (χ2v) is 6.89. The Balaban J connectivity index is 1.50. The predicted octanol–water partition coefficient (Wildman–Crippen LogP) is 4.50. The Morgan fingerprint density at radius 3 is 2.74 bits per heavy atom. The molecule has 118 valence electrons. The fourth-order valence-corrected chi connectivity index (χ4v) is 3.25. The summed E-state index contributed by atoms with van der Waals surface area (Å²) >= 11 is 7.58. The minimum atomic E-state index is 0.779. The minimum absolute atomic E-state index is 0.779. The van der Waals surface area contributed by atoms with Crippen LogP contribution in [0.1, 0.15) is 16.3 Å². The molecule has 1 N–H and O–H groups in total. The van der Waals surface area contributed by atoms with Crippen molar-refractivity contribution in [3.8, 4) is 10.6 Å². The summed E-state index contributed by atoms with van der Waals surface area (Å²) in [7, 11) is 0. The van der Waals surface area contributed by atoms with Gasteiger partial charge < -0.3 is 5.32 Å². The normalized spacial score (nSPS) is 10.9. The molecule has 0 aliphatic carbocycles. The van der Waals surface area contributed by atoms with Crippen LogP contribution in [0.25, 0.3) is 10.6 Å². The van der Waals surface area contributed by atoms with Gasteiger partial charge in [0.25, 0.3) is 0 Å². The van der Waals surface area contributed by atoms with Crippen LogP contribution in [0, 0.1) is 6.92 Å². The Morgan fingerprint density at radius 1 is 1.13 bits per heavy atom. The van der Waals surface area contributed by atoms with E-state index in [9.17, 15) is 0 Å². The Labute approximate surface area is 145 Å². The number of aryl methyl sites for hydroxylation is 1. The molecule has 0 radical (unpaired) electrons. The van der Waals surface area contributed by atoms with Crippen LogP contribution < -0.4 is 5.32 Å². The SMILES string of the molecule is Cc1cccc(-c2cnc(CNCCc3ccc(Cl)cc3)s2)n1.